The maximum absolute atomic E-state index is 11.6. The van der Waals surface area contributed by atoms with Crippen molar-refractivity contribution in [2.75, 3.05) is 0 Å². The summed E-state index contributed by atoms with van der Waals surface area (Å²) in [4.78, 5) is 19.6. The Bertz CT molecular complexity index is 484. The van der Waals surface area contributed by atoms with E-state index in [4.69, 9.17) is 0 Å². The Labute approximate surface area is 99.6 Å². The molecule has 2 N–H and O–H groups in total. The standard InChI is InChI=1S/C9H8BrN5O/c10-7-3-1-2-6(14-7)9(16)11-4-8-12-5-13-15-8/h1-3,5H,4H2,(H,11,16)(H,12,13,15). The van der Waals surface area contributed by atoms with Gasteiger partial charge in [0.15, 0.2) is 0 Å². The van der Waals surface area contributed by atoms with E-state index in [0.29, 0.717) is 22.7 Å². The molecular formula is C9H8BrN5O. The Kier molecular flexibility index (Phi) is 3.25. The number of hydrogen-bond donors (Lipinski definition) is 2. The van der Waals surface area contributed by atoms with Crippen LogP contribution in [-0.2, 0) is 6.54 Å². The van der Waals surface area contributed by atoms with Crippen LogP contribution in [-0.4, -0.2) is 26.1 Å². The average molecular weight is 282 g/mol. The van der Waals surface area contributed by atoms with Crippen molar-refractivity contribution < 1.29 is 4.79 Å². The number of hydrogen-bond acceptors (Lipinski definition) is 4. The second kappa shape index (κ2) is 4.84. The number of carbonyl (C=O) groups excluding carboxylic acids is 1. The van der Waals surface area contributed by atoms with E-state index in [-0.39, 0.29) is 5.91 Å². The van der Waals surface area contributed by atoms with Crippen molar-refractivity contribution in [3.8, 4) is 0 Å². The van der Waals surface area contributed by atoms with E-state index in [2.05, 4.69) is 41.4 Å². The molecule has 7 heteroatoms. The zero-order valence-corrected chi connectivity index (χ0v) is 9.73. The molecule has 0 fully saturated rings. The summed E-state index contributed by atoms with van der Waals surface area (Å²) in [5.74, 6) is 0.348. The minimum Gasteiger partial charge on any atom is -0.343 e. The molecule has 2 aromatic heterocycles. The minimum absolute atomic E-state index is 0.252. The van der Waals surface area contributed by atoms with Crippen LogP contribution < -0.4 is 5.32 Å². The smallest absolute Gasteiger partial charge is 0.270 e. The highest BCUT2D eigenvalue weighted by Gasteiger charge is 2.07. The van der Waals surface area contributed by atoms with Crippen LogP contribution in [0.2, 0.25) is 0 Å². The normalized spacial score (nSPS) is 10.1. The van der Waals surface area contributed by atoms with E-state index in [1.54, 1.807) is 18.2 Å². The summed E-state index contributed by atoms with van der Waals surface area (Å²) in [7, 11) is 0. The monoisotopic (exact) mass is 281 g/mol. The van der Waals surface area contributed by atoms with Crippen molar-refractivity contribution in [3.05, 3.63) is 40.6 Å². The van der Waals surface area contributed by atoms with Gasteiger partial charge in [-0.05, 0) is 28.1 Å². The van der Waals surface area contributed by atoms with Gasteiger partial charge < -0.3 is 5.32 Å². The first kappa shape index (κ1) is 10.7. The van der Waals surface area contributed by atoms with Gasteiger partial charge in [0, 0.05) is 0 Å². The van der Waals surface area contributed by atoms with Gasteiger partial charge in [-0.3, -0.25) is 9.89 Å². The number of H-pyrrole nitrogens is 1. The van der Waals surface area contributed by atoms with E-state index in [9.17, 15) is 4.79 Å². The second-order valence-electron chi connectivity index (χ2n) is 2.96. The summed E-state index contributed by atoms with van der Waals surface area (Å²) >= 11 is 3.20. The molecule has 82 valence electrons. The van der Waals surface area contributed by atoms with Gasteiger partial charge in [0.05, 0.1) is 6.54 Å². The van der Waals surface area contributed by atoms with Crippen LogP contribution in [0.4, 0.5) is 0 Å². The van der Waals surface area contributed by atoms with E-state index >= 15 is 0 Å². The lowest BCUT2D eigenvalue weighted by molar-refractivity contribution is 0.0945. The Morgan fingerprint density at radius 3 is 3.06 bits per heavy atom. The molecule has 1 amide bonds. The Morgan fingerprint density at radius 2 is 2.38 bits per heavy atom. The Balaban J connectivity index is 1.98. The van der Waals surface area contributed by atoms with Crippen molar-refractivity contribution in [2.24, 2.45) is 0 Å². The quantitative estimate of drug-likeness (QED) is 0.819. The molecule has 0 aliphatic rings. The summed E-state index contributed by atoms with van der Waals surface area (Å²) in [6.07, 6.45) is 1.39. The lowest BCUT2D eigenvalue weighted by Gasteiger charge is -2.02. The van der Waals surface area contributed by atoms with Crippen LogP contribution in [0.3, 0.4) is 0 Å². The molecule has 2 heterocycles. The van der Waals surface area contributed by atoms with Crippen LogP contribution >= 0.6 is 15.9 Å². The number of aromatic amines is 1. The van der Waals surface area contributed by atoms with Crippen LogP contribution in [0.5, 0.6) is 0 Å². The fourth-order valence-electron chi connectivity index (χ4n) is 1.11. The molecule has 6 nitrogen and oxygen atoms in total. The highest BCUT2D eigenvalue weighted by Crippen LogP contribution is 2.06. The average Bonchev–Trinajstić information content (AvgIpc) is 2.78. The number of nitrogens with zero attached hydrogens (tertiary/aromatic N) is 3. The molecule has 2 rings (SSSR count). The topological polar surface area (TPSA) is 83.6 Å². The fourth-order valence-corrected chi connectivity index (χ4v) is 1.45. The molecular weight excluding hydrogens is 274 g/mol. The molecule has 0 aliphatic carbocycles. The van der Waals surface area contributed by atoms with Crippen LogP contribution in [0.15, 0.2) is 29.1 Å². The molecule has 0 aliphatic heterocycles. The number of nitrogens with one attached hydrogen (secondary N) is 2. The van der Waals surface area contributed by atoms with Gasteiger partial charge >= 0.3 is 0 Å². The Hall–Kier alpha value is -1.76. The predicted octanol–water partition coefficient (Wildman–Crippen LogP) is 0.892. The highest BCUT2D eigenvalue weighted by molar-refractivity contribution is 9.10. The van der Waals surface area contributed by atoms with Gasteiger partial charge in [0.1, 0.15) is 22.4 Å². The first-order valence-corrected chi connectivity index (χ1v) is 5.30. The maximum atomic E-state index is 11.6. The fraction of sp³-hybridized carbons (Fsp3) is 0.111. The van der Waals surface area contributed by atoms with Gasteiger partial charge in [-0.15, -0.1) is 0 Å². The number of aromatic nitrogens is 4. The summed E-state index contributed by atoms with van der Waals surface area (Å²) in [6, 6.07) is 5.15. The highest BCUT2D eigenvalue weighted by atomic mass is 79.9. The molecule has 0 saturated heterocycles. The van der Waals surface area contributed by atoms with Gasteiger partial charge in [-0.1, -0.05) is 6.07 Å². The number of pyridine rings is 1. The molecule has 2 aromatic rings. The molecule has 0 unspecified atom stereocenters. The number of halogens is 1. The van der Waals surface area contributed by atoms with Crippen molar-refractivity contribution in [1.82, 2.24) is 25.5 Å². The molecule has 0 atom stereocenters. The van der Waals surface area contributed by atoms with E-state index in [1.165, 1.54) is 6.33 Å². The number of rotatable bonds is 3. The van der Waals surface area contributed by atoms with Crippen molar-refractivity contribution in [1.29, 1.82) is 0 Å². The van der Waals surface area contributed by atoms with Gasteiger partial charge in [0.2, 0.25) is 0 Å². The summed E-state index contributed by atoms with van der Waals surface area (Å²) in [6.45, 7) is 0.299. The predicted molar refractivity (Wildman–Crippen MR) is 59.5 cm³/mol. The van der Waals surface area contributed by atoms with Crippen LogP contribution in [0, 0.1) is 0 Å². The van der Waals surface area contributed by atoms with Crippen molar-refractivity contribution >= 4 is 21.8 Å². The van der Waals surface area contributed by atoms with Crippen molar-refractivity contribution in [3.63, 3.8) is 0 Å². The zero-order valence-electron chi connectivity index (χ0n) is 8.14. The third kappa shape index (κ3) is 2.63. The van der Waals surface area contributed by atoms with Crippen LogP contribution in [0.25, 0.3) is 0 Å². The SMILES string of the molecule is O=C(NCc1ncn[nH]1)c1cccc(Br)n1. The van der Waals surface area contributed by atoms with Gasteiger partial charge in [0.25, 0.3) is 5.91 Å². The Morgan fingerprint density at radius 1 is 1.50 bits per heavy atom. The summed E-state index contributed by atoms with van der Waals surface area (Å²) in [5.41, 5.74) is 0.355. The van der Waals surface area contributed by atoms with E-state index in [0.717, 1.165) is 0 Å². The lowest BCUT2D eigenvalue weighted by Crippen LogP contribution is -2.24. The molecule has 0 radical (unpaired) electrons. The first-order chi connectivity index (χ1) is 7.75. The molecule has 16 heavy (non-hydrogen) atoms. The van der Waals surface area contributed by atoms with Crippen LogP contribution in [0.1, 0.15) is 16.3 Å². The third-order valence-electron chi connectivity index (χ3n) is 1.83. The minimum atomic E-state index is -0.252. The second-order valence-corrected chi connectivity index (χ2v) is 3.77. The maximum Gasteiger partial charge on any atom is 0.270 e. The largest absolute Gasteiger partial charge is 0.343 e. The summed E-state index contributed by atoms with van der Waals surface area (Å²) in [5, 5.41) is 9.00. The molecule has 0 saturated carbocycles. The number of amides is 1. The van der Waals surface area contributed by atoms with Gasteiger partial charge in [-0.25, -0.2) is 9.97 Å². The third-order valence-corrected chi connectivity index (χ3v) is 2.27. The molecule has 0 bridgehead atoms. The number of carbonyl (C=O) groups is 1. The molecule has 0 aromatic carbocycles. The van der Waals surface area contributed by atoms with E-state index < -0.39 is 0 Å². The van der Waals surface area contributed by atoms with E-state index in [1.807, 2.05) is 0 Å². The van der Waals surface area contributed by atoms with Crippen molar-refractivity contribution in [2.45, 2.75) is 6.54 Å². The van der Waals surface area contributed by atoms with Gasteiger partial charge in [-0.2, -0.15) is 5.10 Å². The molecule has 0 spiro atoms. The lowest BCUT2D eigenvalue weighted by atomic mass is 10.3. The zero-order chi connectivity index (χ0) is 11.4. The summed E-state index contributed by atoms with van der Waals surface area (Å²) < 4.78 is 0.625. The first-order valence-electron chi connectivity index (χ1n) is 4.51.